The Kier molecular flexibility index (Phi) is 16.9. The van der Waals surface area contributed by atoms with Gasteiger partial charge in [-0.25, -0.2) is 0 Å². The van der Waals surface area contributed by atoms with Gasteiger partial charge < -0.3 is 0 Å². The van der Waals surface area contributed by atoms with E-state index in [0.29, 0.717) is 0 Å². The first-order valence-corrected chi connectivity index (χ1v) is 26.2. The molecular formula is C62H72N12. The van der Waals surface area contributed by atoms with Gasteiger partial charge >= 0.3 is 0 Å². The Morgan fingerprint density at radius 2 is 0.757 bits per heavy atom. The fourth-order valence-corrected chi connectivity index (χ4v) is 10.5. The molecule has 380 valence electrons. The fraction of sp³-hybridized carbons (Fsp3) is 0.323. The Balaban J connectivity index is 0.000000182. The van der Waals surface area contributed by atoms with E-state index in [-0.39, 0.29) is 12.1 Å². The molecule has 6 aromatic carbocycles. The molecule has 0 bridgehead atoms. The summed E-state index contributed by atoms with van der Waals surface area (Å²) >= 11 is 0. The highest BCUT2D eigenvalue weighted by atomic mass is 15.6. The quantitative estimate of drug-likeness (QED) is 0.105. The average Bonchev–Trinajstić information content (AvgIpc) is 4.08. The van der Waals surface area contributed by atoms with Gasteiger partial charge in [0.2, 0.25) is 0 Å². The number of benzene rings is 6. The second-order valence-electron chi connectivity index (χ2n) is 20.2. The third-order valence-corrected chi connectivity index (χ3v) is 15.0. The van der Waals surface area contributed by atoms with Crippen molar-refractivity contribution in [3.8, 4) is 11.4 Å². The summed E-state index contributed by atoms with van der Waals surface area (Å²) in [6, 6.07) is 47.2. The van der Waals surface area contributed by atoms with Crippen LogP contribution < -0.4 is 0 Å². The lowest BCUT2D eigenvalue weighted by Crippen LogP contribution is -2.48. The Hall–Kier alpha value is -7.22. The maximum absolute atomic E-state index is 4.62. The molecule has 10 rings (SSSR count). The van der Waals surface area contributed by atoms with Crippen LogP contribution in [0.25, 0.3) is 23.5 Å². The molecule has 0 amide bonds. The Morgan fingerprint density at radius 3 is 1.11 bits per heavy atom. The normalized spacial score (nSPS) is 15.9. The summed E-state index contributed by atoms with van der Waals surface area (Å²) < 4.78 is 3.92. The second-order valence-corrected chi connectivity index (χ2v) is 20.2. The Morgan fingerprint density at radius 1 is 0.392 bits per heavy atom. The molecular weight excluding hydrogens is 913 g/mol. The van der Waals surface area contributed by atoms with Crippen LogP contribution in [0, 0.1) is 55.4 Å². The highest BCUT2D eigenvalue weighted by Crippen LogP contribution is 2.34. The minimum atomic E-state index is -0.0182. The van der Waals surface area contributed by atoms with E-state index in [4.69, 9.17) is 0 Å². The number of hydrogen-bond donors (Lipinski definition) is 0. The van der Waals surface area contributed by atoms with Crippen LogP contribution in [0.2, 0.25) is 0 Å². The maximum Gasteiger partial charge on any atom is 0.178 e. The van der Waals surface area contributed by atoms with Crippen molar-refractivity contribution in [2.45, 2.75) is 67.5 Å². The predicted molar refractivity (Wildman–Crippen MR) is 300 cm³/mol. The molecule has 4 heterocycles. The molecule has 12 nitrogen and oxygen atoms in total. The molecule has 2 fully saturated rings. The standard InChI is InChI=1S/2C31H36N6/c2*1-23-15-16-28(22-26(23)4)30(31-32-33-34-37(31)29-24(2)10-8-11-25(29)3)36-20-18-35(19-21-36)17-9-14-27-12-6-5-7-13-27/h2*5-16,22,30H,17-21H2,1-4H3/b2*14-9+/t2*30-/m10/s1. The largest absolute Gasteiger partial charge is 0.297 e. The van der Waals surface area contributed by atoms with Crippen molar-refractivity contribution in [1.29, 1.82) is 0 Å². The van der Waals surface area contributed by atoms with Crippen LogP contribution in [0.1, 0.15) is 90.5 Å². The van der Waals surface area contributed by atoms with Gasteiger partial charge in [-0.05, 0) is 143 Å². The number of rotatable bonds is 14. The van der Waals surface area contributed by atoms with Gasteiger partial charge in [0, 0.05) is 65.4 Å². The molecule has 0 N–H and O–H groups in total. The highest BCUT2D eigenvalue weighted by Gasteiger charge is 2.33. The van der Waals surface area contributed by atoms with Crippen molar-refractivity contribution in [2.75, 3.05) is 65.4 Å². The maximum atomic E-state index is 4.62. The third-order valence-electron chi connectivity index (χ3n) is 15.0. The Bertz CT molecular complexity index is 2900. The lowest BCUT2D eigenvalue weighted by atomic mass is 9.98. The van der Waals surface area contributed by atoms with Gasteiger partial charge in [-0.2, -0.15) is 9.36 Å². The summed E-state index contributed by atoms with van der Waals surface area (Å²) in [6.45, 7) is 26.9. The van der Waals surface area contributed by atoms with Gasteiger partial charge in [-0.1, -0.05) is 158 Å². The molecule has 8 aromatic rings. The van der Waals surface area contributed by atoms with E-state index in [9.17, 15) is 0 Å². The molecule has 0 saturated carbocycles. The summed E-state index contributed by atoms with van der Waals surface area (Å²) in [5.41, 5.74) is 17.0. The lowest BCUT2D eigenvalue weighted by molar-refractivity contribution is 0.113. The first-order valence-electron chi connectivity index (χ1n) is 26.2. The monoisotopic (exact) mass is 985 g/mol. The van der Waals surface area contributed by atoms with E-state index in [1.807, 2.05) is 9.36 Å². The molecule has 74 heavy (non-hydrogen) atoms. The minimum absolute atomic E-state index is 0.0182. The summed E-state index contributed by atoms with van der Waals surface area (Å²) in [4.78, 5) is 10.1. The second kappa shape index (κ2) is 24.2. The fourth-order valence-electron chi connectivity index (χ4n) is 10.5. The molecule has 0 unspecified atom stereocenters. The van der Waals surface area contributed by atoms with Gasteiger partial charge in [0.1, 0.15) is 0 Å². The van der Waals surface area contributed by atoms with Crippen molar-refractivity contribution >= 4 is 12.2 Å². The van der Waals surface area contributed by atoms with E-state index >= 15 is 0 Å². The Labute approximate surface area is 438 Å². The van der Waals surface area contributed by atoms with E-state index in [1.54, 1.807) is 0 Å². The lowest BCUT2D eigenvalue weighted by Gasteiger charge is -2.38. The molecule has 2 aliphatic heterocycles. The zero-order valence-electron chi connectivity index (χ0n) is 44.6. The minimum Gasteiger partial charge on any atom is -0.297 e. The van der Waals surface area contributed by atoms with Crippen molar-refractivity contribution < 1.29 is 0 Å². The number of aryl methyl sites for hydroxylation is 8. The topological polar surface area (TPSA) is 100 Å². The van der Waals surface area contributed by atoms with Crippen LogP contribution in [0.15, 0.2) is 146 Å². The van der Waals surface area contributed by atoms with Crippen molar-refractivity contribution in [2.24, 2.45) is 0 Å². The molecule has 2 atom stereocenters. The first kappa shape index (κ1) is 51.7. The zero-order valence-corrected chi connectivity index (χ0v) is 44.6. The van der Waals surface area contributed by atoms with Crippen molar-refractivity contribution in [1.82, 2.24) is 60.0 Å². The SMILES string of the molecule is Cc1ccc([C@@H](c2nnnn2-c2c(C)cccc2C)N2CCN(C/C=C/c3ccccc3)CC2)cc1C.Cc1ccc([C@H](c2nnnn2-c2c(C)cccc2C)N2CCN(C/C=C/c3ccccc3)CC2)cc1C. The molecule has 12 heteroatoms. The van der Waals surface area contributed by atoms with Crippen molar-refractivity contribution in [3.05, 3.63) is 224 Å². The number of nitrogens with zero attached hydrogens (tertiary/aromatic N) is 12. The van der Waals surface area contributed by atoms with Crippen molar-refractivity contribution in [3.63, 3.8) is 0 Å². The van der Waals surface area contributed by atoms with E-state index in [1.165, 1.54) is 66.8 Å². The van der Waals surface area contributed by atoms with E-state index in [0.717, 1.165) is 88.5 Å². The van der Waals surface area contributed by atoms with Crippen LogP contribution in [0.4, 0.5) is 0 Å². The van der Waals surface area contributed by atoms with Gasteiger partial charge in [0.05, 0.1) is 23.5 Å². The molecule has 0 radical (unpaired) electrons. The zero-order chi connectivity index (χ0) is 51.6. The molecule has 2 aliphatic rings. The summed E-state index contributed by atoms with van der Waals surface area (Å²) in [7, 11) is 0. The molecule has 2 saturated heterocycles. The van der Waals surface area contributed by atoms with Crippen LogP contribution in [-0.2, 0) is 0 Å². The molecule has 0 spiro atoms. The summed E-state index contributed by atoms with van der Waals surface area (Å²) in [5.74, 6) is 1.75. The molecule has 0 aliphatic carbocycles. The van der Waals surface area contributed by atoms with Gasteiger partial charge in [-0.15, -0.1) is 10.2 Å². The van der Waals surface area contributed by atoms with Crippen LogP contribution in [-0.4, -0.2) is 125 Å². The predicted octanol–water partition coefficient (Wildman–Crippen LogP) is 10.6. The number of para-hydroxylation sites is 2. The first-order chi connectivity index (χ1) is 36.0. The highest BCUT2D eigenvalue weighted by molar-refractivity contribution is 5.51. The number of aromatic nitrogens is 8. The number of piperazine rings is 2. The number of tetrazole rings is 2. The van der Waals surface area contributed by atoms with Gasteiger partial charge in [-0.3, -0.25) is 19.6 Å². The smallest absolute Gasteiger partial charge is 0.178 e. The summed E-state index contributed by atoms with van der Waals surface area (Å²) in [6.07, 6.45) is 8.96. The van der Waals surface area contributed by atoms with E-state index in [2.05, 4.69) is 264 Å². The van der Waals surface area contributed by atoms with Gasteiger partial charge in [0.25, 0.3) is 0 Å². The molecule has 2 aromatic heterocycles. The van der Waals surface area contributed by atoms with Gasteiger partial charge in [0.15, 0.2) is 11.6 Å². The third kappa shape index (κ3) is 12.2. The number of hydrogen-bond acceptors (Lipinski definition) is 10. The average molecular weight is 985 g/mol. The summed E-state index contributed by atoms with van der Waals surface area (Å²) in [5, 5.41) is 26.5. The van der Waals surface area contributed by atoms with E-state index < -0.39 is 0 Å². The van der Waals surface area contributed by atoms with Crippen LogP contribution >= 0.6 is 0 Å². The van der Waals surface area contributed by atoms with Crippen LogP contribution in [0.3, 0.4) is 0 Å². The van der Waals surface area contributed by atoms with Crippen LogP contribution in [0.5, 0.6) is 0 Å².